The molecule has 3 heterocycles. The van der Waals surface area contributed by atoms with Crippen LogP contribution in [0.1, 0.15) is 0 Å². The van der Waals surface area contributed by atoms with Gasteiger partial charge in [0.1, 0.15) is 5.58 Å². The zero-order valence-corrected chi connectivity index (χ0v) is 18.2. The first-order valence-corrected chi connectivity index (χ1v) is 11.0. The summed E-state index contributed by atoms with van der Waals surface area (Å²) in [4.78, 5) is 22.6. The van der Waals surface area contributed by atoms with E-state index in [0.717, 1.165) is 16.1 Å². The Morgan fingerprint density at radius 1 is 0.771 bits per heavy atom. The molecule has 7 heteroatoms. The molecule has 0 atom stereocenters. The van der Waals surface area contributed by atoms with Crippen LogP contribution in [0.2, 0.25) is 0 Å². The minimum absolute atomic E-state index is 0.0817. The van der Waals surface area contributed by atoms with E-state index in [1.165, 1.54) is 4.57 Å². The number of nitrogens with one attached hydrogen (secondary N) is 1. The largest absolute Gasteiger partial charge is 0.494 e. The average molecular weight is 456 g/mol. The molecule has 0 unspecified atom stereocenters. The molecule has 0 saturated heterocycles. The maximum Gasteiger partial charge on any atom is 0.265 e. The molecule has 4 aromatic carbocycles. The molecule has 166 valence electrons. The third-order valence-corrected chi connectivity index (χ3v) is 6.39. The van der Waals surface area contributed by atoms with Gasteiger partial charge < -0.3 is 9.52 Å². The van der Waals surface area contributed by atoms with Crippen molar-refractivity contribution < 1.29 is 9.52 Å². The summed E-state index contributed by atoms with van der Waals surface area (Å²) in [5, 5.41) is 24.7. The monoisotopic (exact) mass is 456 g/mol. The maximum atomic E-state index is 13.5. The number of aromatic nitrogens is 1. The predicted octanol–water partition coefficient (Wildman–Crippen LogP) is 2.81. The lowest BCUT2D eigenvalue weighted by Gasteiger charge is -2.15. The highest BCUT2D eigenvalue weighted by Gasteiger charge is 2.19. The Bertz CT molecular complexity index is 2120. The van der Waals surface area contributed by atoms with Gasteiger partial charge in [-0.3, -0.25) is 10.2 Å². The van der Waals surface area contributed by atoms with Gasteiger partial charge in [0.05, 0.1) is 21.6 Å². The van der Waals surface area contributed by atoms with Gasteiger partial charge in [-0.25, -0.2) is 14.6 Å². The Morgan fingerprint density at radius 2 is 1.46 bits per heavy atom. The van der Waals surface area contributed by atoms with E-state index < -0.39 is 0 Å². The van der Waals surface area contributed by atoms with Gasteiger partial charge in [-0.15, -0.1) is 0 Å². The van der Waals surface area contributed by atoms with Gasteiger partial charge in [-0.2, -0.15) is 0 Å². The topological polar surface area (TPSA) is 104 Å². The first kappa shape index (κ1) is 19.4. The highest BCUT2D eigenvalue weighted by Crippen LogP contribution is 2.36. The van der Waals surface area contributed by atoms with Crippen LogP contribution in [0.4, 0.5) is 0 Å². The fourth-order valence-electron chi connectivity index (χ4n) is 4.79. The number of hydrogen-bond donors (Lipinski definition) is 2. The molecule has 0 aliphatic carbocycles. The molecule has 0 fully saturated rings. The van der Waals surface area contributed by atoms with E-state index in [4.69, 9.17) is 9.83 Å². The van der Waals surface area contributed by atoms with Gasteiger partial charge >= 0.3 is 0 Å². The predicted molar refractivity (Wildman–Crippen MR) is 132 cm³/mol. The Morgan fingerprint density at radius 3 is 2.20 bits per heavy atom. The van der Waals surface area contributed by atoms with Crippen molar-refractivity contribution in [2.75, 3.05) is 0 Å². The minimum atomic E-state index is -0.314. The van der Waals surface area contributed by atoms with Gasteiger partial charge in [0.25, 0.3) is 5.56 Å². The van der Waals surface area contributed by atoms with Crippen molar-refractivity contribution in [3.63, 3.8) is 0 Å². The van der Waals surface area contributed by atoms with Crippen molar-refractivity contribution in [3.8, 4) is 11.6 Å². The van der Waals surface area contributed by atoms with E-state index in [-0.39, 0.29) is 17.0 Å². The number of fused-ring (bicyclic) bond motifs is 3. The lowest BCUT2D eigenvalue weighted by atomic mass is 9.98. The van der Waals surface area contributed by atoms with Crippen LogP contribution >= 0.6 is 0 Å². The van der Waals surface area contributed by atoms with Crippen molar-refractivity contribution in [2.45, 2.75) is 0 Å². The highest BCUT2D eigenvalue weighted by molar-refractivity contribution is 6.21. The zero-order valence-electron chi connectivity index (χ0n) is 18.2. The standard InChI is InChI=1S/C28H16N4O3/c29-25-20(26-30-21-11-4-5-12-22(21)31-26)13-18-16-9-6-10-17-24(16)19(14-23(18)35-25)28(34)32(27(17)33)15-7-2-1-3-8-15/h1-14,29,34H. The lowest BCUT2D eigenvalue weighted by Crippen LogP contribution is -2.25. The number of benzene rings is 4. The fourth-order valence-corrected chi connectivity index (χ4v) is 4.79. The number of aromatic hydroxyl groups is 1. The van der Waals surface area contributed by atoms with Gasteiger partial charge in [0.15, 0.2) is 5.82 Å². The average Bonchev–Trinajstić information content (AvgIpc) is 3.31. The highest BCUT2D eigenvalue weighted by atomic mass is 16.3. The molecule has 1 aliphatic heterocycles. The Balaban J connectivity index is 1.64. The minimum Gasteiger partial charge on any atom is -0.494 e. The molecule has 2 N–H and O–H groups in total. The molecule has 0 spiro atoms. The van der Waals surface area contributed by atoms with Crippen molar-refractivity contribution in [1.82, 2.24) is 4.57 Å². The third-order valence-electron chi connectivity index (χ3n) is 6.39. The first-order chi connectivity index (χ1) is 17.1. The molecule has 6 aromatic rings. The molecule has 0 amide bonds. The van der Waals surface area contributed by atoms with Gasteiger partial charge in [-0.05, 0) is 47.9 Å². The van der Waals surface area contributed by atoms with Crippen LogP contribution < -0.4 is 27.0 Å². The van der Waals surface area contributed by atoms with E-state index in [9.17, 15) is 9.90 Å². The second-order valence-corrected chi connectivity index (χ2v) is 8.39. The van der Waals surface area contributed by atoms with Crippen LogP contribution in [0.3, 0.4) is 0 Å². The number of rotatable bonds is 1. The first-order valence-electron chi connectivity index (χ1n) is 11.0. The number of nitrogens with zero attached hydrogens (tertiary/aromatic N) is 3. The van der Waals surface area contributed by atoms with Crippen LogP contribution in [0.5, 0.6) is 5.88 Å². The molecule has 1 aliphatic rings. The summed E-state index contributed by atoms with van der Waals surface area (Å²) >= 11 is 0. The Kier molecular flexibility index (Phi) is 3.87. The molecule has 2 aromatic heterocycles. The second-order valence-electron chi connectivity index (χ2n) is 8.39. The lowest BCUT2D eigenvalue weighted by molar-refractivity contribution is 0.443. The van der Waals surface area contributed by atoms with Crippen LogP contribution in [0, 0.1) is 5.41 Å². The fraction of sp³-hybridized carbons (Fsp3) is 0. The summed E-state index contributed by atoms with van der Waals surface area (Å²) in [6, 6.07) is 25.5. The third kappa shape index (κ3) is 2.72. The number of pyridine rings is 1. The zero-order chi connectivity index (χ0) is 23.7. The maximum absolute atomic E-state index is 13.5. The summed E-state index contributed by atoms with van der Waals surface area (Å²) in [6.07, 6.45) is 0. The molecular weight excluding hydrogens is 440 g/mol. The Labute approximate surface area is 196 Å². The summed E-state index contributed by atoms with van der Waals surface area (Å²) in [5.41, 5.74) is 0.586. The Hall–Kier alpha value is -5.04. The molecule has 0 bridgehead atoms. The van der Waals surface area contributed by atoms with Crippen LogP contribution in [-0.4, -0.2) is 9.67 Å². The van der Waals surface area contributed by atoms with E-state index in [1.807, 2.05) is 60.7 Å². The normalized spacial score (nSPS) is 12.7. The quantitative estimate of drug-likeness (QED) is 0.294. The molecular formula is C28H16N4O3. The molecule has 0 saturated carbocycles. The summed E-state index contributed by atoms with van der Waals surface area (Å²) in [5.74, 6) is 0.228. The smallest absolute Gasteiger partial charge is 0.265 e. The summed E-state index contributed by atoms with van der Waals surface area (Å²) in [7, 11) is 0. The van der Waals surface area contributed by atoms with E-state index >= 15 is 0 Å². The molecule has 35 heavy (non-hydrogen) atoms. The van der Waals surface area contributed by atoms with Gasteiger partial charge in [0.2, 0.25) is 11.4 Å². The van der Waals surface area contributed by atoms with Crippen molar-refractivity contribution in [3.05, 3.63) is 117 Å². The van der Waals surface area contributed by atoms with Crippen LogP contribution in [-0.2, 0) is 0 Å². The van der Waals surface area contributed by atoms with Crippen LogP contribution in [0.25, 0.3) is 44.0 Å². The number of para-hydroxylation sites is 3. The molecule has 7 nitrogen and oxygen atoms in total. The summed E-state index contributed by atoms with van der Waals surface area (Å²) < 4.78 is 7.23. The van der Waals surface area contributed by atoms with Gasteiger partial charge in [-0.1, -0.05) is 42.5 Å². The SMILES string of the molecule is N=c1oc2cc3c(O)n(-c4ccccc4)c(=O)c4cccc(c2cc1=C1N=c2ccccc2=N1)c34. The molecule has 7 rings (SSSR count). The van der Waals surface area contributed by atoms with E-state index in [1.54, 1.807) is 24.3 Å². The molecule has 0 radical (unpaired) electrons. The van der Waals surface area contributed by atoms with E-state index in [0.29, 0.717) is 43.9 Å². The van der Waals surface area contributed by atoms with E-state index in [2.05, 4.69) is 9.98 Å². The van der Waals surface area contributed by atoms with Crippen molar-refractivity contribution in [2.24, 2.45) is 9.98 Å². The second kappa shape index (κ2) is 6.98. The van der Waals surface area contributed by atoms with Gasteiger partial charge in [0, 0.05) is 21.5 Å². The van der Waals surface area contributed by atoms with Crippen molar-refractivity contribution >= 4 is 38.3 Å². The van der Waals surface area contributed by atoms with Crippen LogP contribution in [0.15, 0.2) is 104 Å². The number of hydrogen-bond acceptors (Lipinski definition) is 6. The van der Waals surface area contributed by atoms with Crippen molar-refractivity contribution in [1.29, 1.82) is 5.41 Å². The summed E-state index contributed by atoms with van der Waals surface area (Å²) in [6.45, 7) is 0.